The summed E-state index contributed by atoms with van der Waals surface area (Å²) < 4.78 is 15.9. The molecule has 2 aromatic carbocycles. The van der Waals surface area contributed by atoms with Crippen molar-refractivity contribution in [3.63, 3.8) is 0 Å². The molecule has 8 heteroatoms. The van der Waals surface area contributed by atoms with Gasteiger partial charge in [-0.15, -0.1) is 11.8 Å². The molecule has 1 saturated heterocycles. The third-order valence-electron chi connectivity index (χ3n) is 4.75. The number of hydrogen-bond acceptors (Lipinski definition) is 6. The third kappa shape index (κ3) is 5.25. The minimum Gasteiger partial charge on any atom is -0.493 e. The molecule has 1 atom stereocenters. The van der Waals surface area contributed by atoms with Crippen molar-refractivity contribution in [3.8, 4) is 11.5 Å². The number of hydrogen-bond donors (Lipinski definition) is 1. The molecule has 1 heterocycles. The number of nitrogens with zero attached hydrogens (tertiary/aromatic N) is 1. The van der Waals surface area contributed by atoms with Gasteiger partial charge >= 0.3 is 0 Å². The van der Waals surface area contributed by atoms with Gasteiger partial charge in [-0.05, 0) is 37.3 Å². The first-order valence-electron chi connectivity index (χ1n) is 9.69. The van der Waals surface area contributed by atoms with Crippen molar-refractivity contribution in [3.05, 3.63) is 48.0 Å². The van der Waals surface area contributed by atoms with Crippen LogP contribution in [0.3, 0.4) is 0 Å². The summed E-state index contributed by atoms with van der Waals surface area (Å²) in [6.45, 7) is 3.97. The van der Waals surface area contributed by atoms with Gasteiger partial charge in [0.05, 0.1) is 43.9 Å². The molecule has 1 fully saturated rings. The second-order valence-corrected chi connectivity index (χ2v) is 8.13. The molecule has 0 unspecified atom stereocenters. The SMILES string of the molecule is COc1ccc(S[C@H](C)C(=O)Nc2ccccc2C(=O)N2CCOCC2)cc1OC. The summed E-state index contributed by atoms with van der Waals surface area (Å²) in [4.78, 5) is 28.3. The van der Waals surface area contributed by atoms with Crippen molar-refractivity contribution in [1.82, 2.24) is 4.90 Å². The van der Waals surface area contributed by atoms with Crippen LogP contribution in [0.5, 0.6) is 11.5 Å². The molecule has 0 radical (unpaired) electrons. The Kier molecular flexibility index (Phi) is 7.59. The molecule has 1 aliphatic rings. The molecule has 1 N–H and O–H groups in total. The Balaban J connectivity index is 1.69. The maximum Gasteiger partial charge on any atom is 0.256 e. The van der Waals surface area contributed by atoms with E-state index in [0.29, 0.717) is 49.1 Å². The van der Waals surface area contributed by atoms with E-state index in [0.717, 1.165) is 4.90 Å². The first-order chi connectivity index (χ1) is 14.5. The minimum absolute atomic E-state index is 0.102. The number of carbonyl (C=O) groups excluding carboxylic acids is 2. The first-order valence-corrected chi connectivity index (χ1v) is 10.6. The Morgan fingerprint density at radius 3 is 2.47 bits per heavy atom. The minimum atomic E-state index is -0.380. The Hall–Kier alpha value is -2.71. The van der Waals surface area contributed by atoms with E-state index >= 15 is 0 Å². The van der Waals surface area contributed by atoms with E-state index in [1.165, 1.54) is 11.8 Å². The molecule has 7 nitrogen and oxygen atoms in total. The first kappa shape index (κ1) is 22.0. The van der Waals surface area contributed by atoms with Crippen molar-refractivity contribution >= 4 is 29.3 Å². The Morgan fingerprint density at radius 2 is 1.77 bits per heavy atom. The fraction of sp³-hybridized carbons (Fsp3) is 0.364. The van der Waals surface area contributed by atoms with Gasteiger partial charge < -0.3 is 24.4 Å². The number of nitrogens with one attached hydrogen (secondary N) is 1. The summed E-state index contributed by atoms with van der Waals surface area (Å²) in [5.74, 6) is 0.956. The van der Waals surface area contributed by atoms with Crippen LogP contribution in [0.15, 0.2) is 47.4 Å². The monoisotopic (exact) mass is 430 g/mol. The number of ether oxygens (including phenoxy) is 3. The number of para-hydroxylation sites is 1. The van der Waals surface area contributed by atoms with Gasteiger partial charge in [0.15, 0.2) is 11.5 Å². The Bertz CT molecular complexity index is 899. The molecular formula is C22H26N2O5S. The van der Waals surface area contributed by atoms with Crippen molar-refractivity contribution < 1.29 is 23.8 Å². The molecule has 0 aromatic heterocycles. The summed E-state index contributed by atoms with van der Waals surface area (Å²) in [6.07, 6.45) is 0. The van der Waals surface area contributed by atoms with Crippen LogP contribution in [0.25, 0.3) is 0 Å². The fourth-order valence-electron chi connectivity index (χ4n) is 3.10. The Labute approximate surface area is 180 Å². The highest BCUT2D eigenvalue weighted by atomic mass is 32.2. The molecule has 2 aromatic rings. The van der Waals surface area contributed by atoms with Crippen LogP contribution >= 0.6 is 11.8 Å². The lowest BCUT2D eigenvalue weighted by Gasteiger charge is -2.27. The second-order valence-electron chi connectivity index (χ2n) is 6.72. The van der Waals surface area contributed by atoms with Gasteiger partial charge in [-0.1, -0.05) is 12.1 Å². The molecule has 2 amide bonds. The van der Waals surface area contributed by atoms with E-state index in [1.807, 2.05) is 25.1 Å². The highest BCUT2D eigenvalue weighted by Crippen LogP contribution is 2.34. The van der Waals surface area contributed by atoms with E-state index in [-0.39, 0.29) is 17.1 Å². The molecule has 0 saturated carbocycles. The topological polar surface area (TPSA) is 77.1 Å². The van der Waals surface area contributed by atoms with Crippen LogP contribution in [0, 0.1) is 0 Å². The molecule has 30 heavy (non-hydrogen) atoms. The number of carbonyl (C=O) groups is 2. The van der Waals surface area contributed by atoms with Crippen molar-refractivity contribution in [2.24, 2.45) is 0 Å². The van der Waals surface area contributed by atoms with Crippen LogP contribution in [0.1, 0.15) is 17.3 Å². The molecule has 1 aliphatic heterocycles. The zero-order valence-corrected chi connectivity index (χ0v) is 18.2. The van der Waals surface area contributed by atoms with Gasteiger partial charge in [-0.2, -0.15) is 0 Å². The van der Waals surface area contributed by atoms with E-state index in [4.69, 9.17) is 14.2 Å². The molecule has 0 aliphatic carbocycles. The van der Waals surface area contributed by atoms with E-state index in [9.17, 15) is 9.59 Å². The highest BCUT2D eigenvalue weighted by Gasteiger charge is 2.23. The van der Waals surface area contributed by atoms with E-state index in [1.54, 1.807) is 43.4 Å². The van der Waals surface area contributed by atoms with Gasteiger partial charge in [0.25, 0.3) is 5.91 Å². The number of rotatable bonds is 7. The van der Waals surface area contributed by atoms with E-state index in [2.05, 4.69) is 5.32 Å². The Morgan fingerprint density at radius 1 is 1.07 bits per heavy atom. The molecule has 0 bridgehead atoms. The standard InChI is InChI=1S/C22H26N2O5S/c1-15(30-16-8-9-19(27-2)20(14-16)28-3)21(25)23-18-7-5-4-6-17(18)22(26)24-10-12-29-13-11-24/h4-9,14-15H,10-13H2,1-3H3,(H,23,25)/t15-/m1/s1. The third-order valence-corrected chi connectivity index (χ3v) is 5.84. The highest BCUT2D eigenvalue weighted by molar-refractivity contribution is 8.00. The molecular weight excluding hydrogens is 404 g/mol. The summed E-state index contributed by atoms with van der Waals surface area (Å²) in [6, 6.07) is 12.6. The number of thioether (sulfide) groups is 1. The van der Waals surface area contributed by atoms with Gasteiger partial charge in [-0.25, -0.2) is 0 Å². The van der Waals surface area contributed by atoms with Gasteiger partial charge in [0, 0.05) is 18.0 Å². The largest absolute Gasteiger partial charge is 0.493 e. The van der Waals surface area contributed by atoms with Crippen LogP contribution in [0.2, 0.25) is 0 Å². The quantitative estimate of drug-likeness (QED) is 0.680. The smallest absolute Gasteiger partial charge is 0.256 e. The fourth-order valence-corrected chi connectivity index (χ4v) is 3.99. The van der Waals surface area contributed by atoms with E-state index < -0.39 is 0 Å². The lowest BCUT2D eigenvalue weighted by atomic mass is 10.1. The maximum absolute atomic E-state index is 12.9. The van der Waals surface area contributed by atoms with Crippen LogP contribution in [0.4, 0.5) is 5.69 Å². The number of morpholine rings is 1. The summed E-state index contributed by atoms with van der Waals surface area (Å²) >= 11 is 1.40. The van der Waals surface area contributed by atoms with Crippen molar-refractivity contribution in [2.75, 3.05) is 45.8 Å². The maximum atomic E-state index is 12.9. The summed E-state index contributed by atoms with van der Waals surface area (Å²) in [7, 11) is 3.15. The zero-order chi connectivity index (χ0) is 21.5. The van der Waals surface area contributed by atoms with Gasteiger partial charge in [0.2, 0.25) is 5.91 Å². The van der Waals surface area contributed by atoms with Gasteiger partial charge in [0.1, 0.15) is 0 Å². The normalized spacial score (nSPS) is 14.7. The lowest BCUT2D eigenvalue weighted by Crippen LogP contribution is -2.41. The second kappa shape index (κ2) is 10.4. The number of amides is 2. The molecule has 160 valence electrons. The zero-order valence-electron chi connectivity index (χ0n) is 17.3. The van der Waals surface area contributed by atoms with Crippen LogP contribution in [-0.2, 0) is 9.53 Å². The predicted octanol–water partition coefficient (Wildman–Crippen LogP) is 3.30. The number of methoxy groups -OCH3 is 2. The average Bonchev–Trinajstić information content (AvgIpc) is 2.79. The summed E-state index contributed by atoms with van der Waals surface area (Å²) in [5, 5.41) is 2.53. The number of anilines is 1. The van der Waals surface area contributed by atoms with Crippen molar-refractivity contribution in [2.45, 2.75) is 17.1 Å². The van der Waals surface area contributed by atoms with Gasteiger partial charge in [-0.3, -0.25) is 9.59 Å². The number of benzene rings is 2. The van der Waals surface area contributed by atoms with Crippen LogP contribution < -0.4 is 14.8 Å². The van der Waals surface area contributed by atoms with Crippen LogP contribution in [-0.4, -0.2) is 62.5 Å². The summed E-state index contributed by atoms with van der Waals surface area (Å²) in [5.41, 5.74) is 0.995. The average molecular weight is 431 g/mol. The lowest BCUT2D eigenvalue weighted by molar-refractivity contribution is -0.115. The van der Waals surface area contributed by atoms with Crippen molar-refractivity contribution in [1.29, 1.82) is 0 Å². The molecule has 3 rings (SSSR count). The molecule has 0 spiro atoms. The predicted molar refractivity (Wildman–Crippen MR) is 117 cm³/mol.